The minimum atomic E-state index is -4.79. The summed E-state index contributed by atoms with van der Waals surface area (Å²) in [6.45, 7) is 0.296. The van der Waals surface area contributed by atoms with Gasteiger partial charge in [-0.1, -0.05) is 30.3 Å². The Morgan fingerprint density at radius 3 is 2.67 bits per heavy atom. The molecule has 0 saturated heterocycles. The number of hydrogen-bond donors (Lipinski definition) is 1. The summed E-state index contributed by atoms with van der Waals surface area (Å²) in [5, 5.41) is 5.76. The quantitative estimate of drug-likeness (QED) is 0.419. The molecule has 0 saturated carbocycles. The molecule has 0 aliphatic carbocycles. The second kappa shape index (κ2) is 8.08. The van der Waals surface area contributed by atoms with Crippen molar-refractivity contribution in [1.82, 2.24) is 10.3 Å². The standard InChI is InChI=1S/C24H17F3N2O3S/c25-24(26,27)32-16-9-7-15(8-10-16)23(11-13-31-19-5-3-12-28-21(19)23)29-22(30)18-14-33-20-6-2-1-4-17(18)20/h1-10,12,14H,11,13H2,(H,29,30). The fraction of sp³-hybridized carbons (Fsp3) is 0.167. The fourth-order valence-corrected chi connectivity index (χ4v) is 5.03. The number of hydrogen-bond acceptors (Lipinski definition) is 5. The minimum absolute atomic E-state index is 0.296. The Labute approximate surface area is 190 Å². The number of ether oxygens (including phenoxy) is 2. The molecule has 2 aromatic heterocycles. The van der Waals surface area contributed by atoms with Gasteiger partial charge < -0.3 is 14.8 Å². The second-order valence-corrected chi connectivity index (χ2v) is 8.44. The van der Waals surface area contributed by atoms with Crippen molar-refractivity contribution in [2.24, 2.45) is 0 Å². The number of nitrogens with zero attached hydrogens (tertiary/aromatic N) is 1. The monoisotopic (exact) mass is 470 g/mol. The number of alkyl halides is 3. The summed E-state index contributed by atoms with van der Waals surface area (Å²) < 4.78 is 48.6. The number of amides is 1. The number of carbonyl (C=O) groups is 1. The highest BCUT2D eigenvalue weighted by atomic mass is 32.1. The summed E-state index contributed by atoms with van der Waals surface area (Å²) >= 11 is 1.47. The Balaban J connectivity index is 1.58. The molecule has 168 valence electrons. The van der Waals surface area contributed by atoms with Gasteiger partial charge in [0.15, 0.2) is 0 Å². The summed E-state index contributed by atoms with van der Waals surface area (Å²) in [5.74, 6) is -0.138. The number of pyridine rings is 1. The van der Waals surface area contributed by atoms with Crippen LogP contribution in [-0.4, -0.2) is 23.9 Å². The summed E-state index contributed by atoms with van der Waals surface area (Å²) in [7, 11) is 0. The molecule has 1 amide bonds. The van der Waals surface area contributed by atoms with Gasteiger partial charge in [0.05, 0.1) is 12.2 Å². The zero-order chi connectivity index (χ0) is 23.1. The Morgan fingerprint density at radius 2 is 1.88 bits per heavy atom. The Morgan fingerprint density at radius 1 is 1.09 bits per heavy atom. The number of fused-ring (bicyclic) bond motifs is 2. The van der Waals surface area contributed by atoms with E-state index in [1.165, 1.54) is 35.6 Å². The molecule has 33 heavy (non-hydrogen) atoms. The van der Waals surface area contributed by atoms with Crippen LogP contribution in [0.3, 0.4) is 0 Å². The zero-order valence-electron chi connectivity index (χ0n) is 17.1. The van der Waals surface area contributed by atoms with Crippen LogP contribution in [0.15, 0.2) is 72.2 Å². The molecule has 9 heteroatoms. The maximum absolute atomic E-state index is 13.5. The second-order valence-electron chi connectivity index (χ2n) is 7.53. The van der Waals surface area contributed by atoms with Crippen molar-refractivity contribution in [1.29, 1.82) is 0 Å². The van der Waals surface area contributed by atoms with Gasteiger partial charge in [-0.15, -0.1) is 24.5 Å². The van der Waals surface area contributed by atoms with Crippen LogP contribution in [0.2, 0.25) is 0 Å². The van der Waals surface area contributed by atoms with E-state index in [2.05, 4.69) is 15.0 Å². The summed E-state index contributed by atoms with van der Waals surface area (Å²) in [6.07, 6.45) is -2.85. The molecule has 3 heterocycles. The van der Waals surface area contributed by atoms with Crippen LogP contribution in [0.1, 0.15) is 28.0 Å². The van der Waals surface area contributed by atoms with Crippen molar-refractivity contribution in [3.8, 4) is 11.5 Å². The van der Waals surface area contributed by atoms with E-state index in [0.29, 0.717) is 35.6 Å². The van der Waals surface area contributed by atoms with E-state index in [1.54, 1.807) is 23.7 Å². The van der Waals surface area contributed by atoms with Crippen LogP contribution < -0.4 is 14.8 Å². The topological polar surface area (TPSA) is 60.5 Å². The first-order valence-corrected chi connectivity index (χ1v) is 11.0. The molecule has 2 aromatic carbocycles. The van der Waals surface area contributed by atoms with E-state index in [9.17, 15) is 18.0 Å². The predicted octanol–water partition coefficient (Wildman–Crippen LogP) is 5.65. The number of rotatable bonds is 4. The first kappa shape index (κ1) is 21.3. The van der Waals surface area contributed by atoms with Gasteiger partial charge in [0.2, 0.25) is 0 Å². The molecular formula is C24H17F3N2O3S. The smallest absolute Gasteiger partial charge is 0.491 e. The molecule has 1 aliphatic rings. The lowest BCUT2D eigenvalue weighted by atomic mass is 9.81. The van der Waals surface area contributed by atoms with E-state index in [-0.39, 0.29) is 11.7 Å². The molecule has 4 aromatic rings. The molecule has 0 radical (unpaired) electrons. The first-order chi connectivity index (χ1) is 15.9. The van der Waals surface area contributed by atoms with Crippen molar-refractivity contribution < 1.29 is 27.4 Å². The van der Waals surface area contributed by atoms with Gasteiger partial charge >= 0.3 is 6.36 Å². The molecular weight excluding hydrogens is 453 g/mol. The van der Waals surface area contributed by atoms with Gasteiger partial charge in [-0.25, -0.2) is 0 Å². The fourth-order valence-electron chi connectivity index (χ4n) is 4.09. The third-order valence-corrected chi connectivity index (χ3v) is 6.51. The SMILES string of the molecule is O=C(NC1(c2ccc(OC(F)(F)F)cc2)CCOc2cccnc21)c1csc2ccccc12. The highest BCUT2D eigenvalue weighted by molar-refractivity contribution is 7.17. The van der Waals surface area contributed by atoms with Gasteiger partial charge in [0.1, 0.15) is 22.7 Å². The maximum atomic E-state index is 13.5. The van der Waals surface area contributed by atoms with Crippen LogP contribution in [-0.2, 0) is 5.54 Å². The van der Waals surface area contributed by atoms with Crippen molar-refractivity contribution in [3.05, 3.63) is 89.1 Å². The average molecular weight is 470 g/mol. The summed E-state index contributed by atoms with van der Waals surface area (Å²) in [6, 6.07) is 16.6. The molecule has 0 bridgehead atoms. The lowest BCUT2D eigenvalue weighted by molar-refractivity contribution is -0.274. The van der Waals surface area contributed by atoms with Crippen LogP contribution in [0, 0.1) is 0 Å². The van der Waals surface area contributed by atoms with E-state index >= 15 is 0 Å². The highest BCUT2D eigenvalue weighted by Gasteiger charge is 2.43. The Bertz CT molecular complexity index is 1320. The van der Waals surface area contributed by atoms with Crippen LogP contribution in [0.5, 0.6) is 11.5 Å². The number of carbonyl (C=O) groups excluding carboxylic acids is 1. The molecule has 1 aliphatic heterocycles. The molecule has 5 rings (SSSR count). The van der Waals surface area contributed by atoms with Crippen molar-refractivity contribution >= 4 is 27.3 Å². The van der Waals surface area contributed by atoms with Gasteiger partial charge in [-0.2, -0.15) is 0 Å². The van der Waals surface area contributed by atoms with Gasteiger partial charge in [-0.3, -0.25) is 9.78 Å². The molecule has 0 spiro atoms. The van der Waals surface area contributed by atoms with E-state index in [0.717, 1.165) is 10.1 Å². The normalized spacial score (nSPS) is 17.8. The molecule has 1 unspecified atom stereocenters. The summed E-state index contributed by atoms with van der Waals surface area (Å²) in [4.78, 5) is 18.0. The van der Waals surface area contributed by atoms with Crippen molar-refractivity contribution in [2.75, 3.05) is 6.61 Å². The Kier molecular flexibility index (Phi) is 5.20. The number of halogens is 3. The Hall–Kier alpha value is -3.59. The summed E-state index contributed by atoms with van der Waals surface area (Å²) in [5.41, 5.74) is 0.504. The average Bonchev–Trinajstić information content (AvgIpc) is 3.23. The lowest BCUT2D eigenvalue weighted by Gasteiger charge is -2.39. The molecule has 5 nitrogen and oxygen atoms in total. The highest BCUT2D eigenvalue weighted by Crippen LogP contribution is 2.41. The number of nitrogens with one attached hydrogen (secondary N) is 1. The van der Waals surface area contributed by atoms with E-state index < -0.39 is 11.9 Å². The minimum Gasteiger partial charge on any atom is -0.491 e. The largest absolute Gasteiger partial charge is 0.573 e. The van der Waals surface area contributed by atoms with Crippen LogP contribution in [0.25, 0.3) is 10.1 Å². The third-order valence-electron chi connectivity index (χ3n) is 5.54. The first-order valence-electron chi connectivity index (χ1n) is 10.1. The number of aromatic nitrogens is 1. The third kappa shape index (κ3) is 4.00. The van der Waals surface area contributed by atoms with Gasteiger partial charge in [0, 0.05) is 28.1 Å². The molecule has 1 atom stereocenters. The molecule has 1 N–H and O–H groups in total. The predicted molar refractivity (Wildman–Crippen MR) is 118 cm³/mol. The van der Waals surface area contributed by atoms with Gasteiger partial charge in [-0.05, 0) is 35.9 Å². The van der Waals surface area contributed by atoms with Crippen molar-refractivity contribution in [3.63, 3.8) is 0 Å². The zero-order valence-corrected chi connectivity index (χ0v) is 17.9. The van der Waals surface area contributed by atoms with E-state index in [4.69, 9.17) is 4.74 Å². The van der Waals surface area contributed by atoms with E-state index in [1.807, 2.05) is 24.3 Å². The van der Waals surface area contributed by atoms with Crippen LogP contribution >= 0.6 is 11.3 Å². The van der Waals surface area contributed by atoms with Crippen molar-refractivity contribution in [2.45, 2.75) is 18.3 Å². The lowest BCUT2D eigenvalue weighted by Crippen LogP contribution is -2.50. The van der Waals surface area contributed by atoms with Crippen LogP contribution in [0.4, 0.5) is 13.2 Å². The number of thiophene rings is 1. The maximum Gasteiger partial charge on any atom is 0.573 e. The number of benzene rings is 2. The molecule has 0 fully saturated rings. The van der Waals surface area contributed by atoms with Gasteiger partial charge in [0.25, 0.3) is 5.91 Å².